The summed E-state index contributed by atoms with van der Waals surface area (Å²) in [6.07, 6.45) is 1.64. The zero-order valence-corrected chi connectivity index (χ0v) is 10.8. The Labute approximate surface area is 110 Å². The molecule has 0 radical (unpaired) electrons. The molecule has 0 aliphatic rings. The molecule has 0 spiro atoms. The average Bonchev–Trinajstić information content (AvgIpc) is 2.34. The molecule has 0 aliphatic carbocycles. The molecule has 0 saturated heterocycles. The summed E-state index contributed by atoms with van der Waals surface area (Å²) in [5.41, 5.74) is -0.148. The largest absolute Gasteiger partial charge is 0.494 e. The lowest BCUT2D eigenvalue weighted by atomic mass is 10.2. The first-order valence-electron chi connectivity index (χ1n) is 5.63. The molecule has 0 fully saturated rings. The Morgan fingerprint density at radius 1 is 1.50 bits per heavy atom. The van der Waals surface area contributed by atoms with E-state index in [2.05, 4.69) is 0 Å². The van der Waals surface area contributed by atoms with E-state index in [1.807, 2.05) is 6.92 Å². The number of carbonyl (C=O) groups is 1. The lowest BCUT2D eigenvalue weighted by Gasteiger charge is -2.06. The van der Waals surface area contributed by atoms with Gasteiger partial charge in [0.05, 0.1) is 11.5 Å². The number of hydrogen-bond donors (Lipinski definition) is 0. The second-order valence-electron chi connectivity index (χ2n) is 3.71. The average molecular weight is 272 g/mol. The number of ketones is 1. The van der Waals surface area contributed by atoms with Gasteiger partial charge in [-0.25, -0.2) is 0 Å². The number of ether oxygens (including phenoxy) is 1. The molecule has 1 aromatic rings. The predicted octanol–water partition coefficient (Wildman–Crippen LogP) is 3.39. The monoisotopic (exact) mass is 271 g/mol. The number of rotatable bonds is 7. The van der Waals surface area contributed by atoms with E-state index >= 15 is 0 Å². The van der Waals surface area contributed by atoms with Crippen molar-refractivity contribution in [2.45, 2.75) is 26.2 Å². The van der Waals surface area contributed by atoms with Gasteiger partial charge in [-0.15, -0.1) is 0 Å². The van der Waals surface area contributed by atoms with Crippen LogP contribution in [0.3, 0.4) is 0 Å². The molecule has 0 N–H and O–H groups in total. The first-order chi connectivity index (χ1) is 8.54. The molecule has 98 valence electrons. The van der Waals surface area contributed by atoms with Gasteiger partial charge in [-0.05, 0) is 12.5 Å². The van der Waals surface area contributed by atoms with Crippen LogP contribution in [-0.2, 0) is 4.79 Å². The summed E-state index contributed by atoms with van der Waals surface area (Å²) in [4.78, 5) is 21.0. The van der Waals surface area contributed by atoms with E-state index in [0.29, 0.717) is 31.6 Å². The third-order valence-electron chi connectivity index (χ3n) is 2.38. The number of Topliss-reactive ketones (excluding diaryl/α,β-unsaturated/α-hetero) is 1. The minimum atomic E-state index is -0.550. The molecule has 0 aromatic heterocycles. The normalized spacial score (nSPS) is 10.1. The van der Waals surface area contributed by atoms with Crippen molar-refractivity contribution in [2.75, 3.05) is 6.61 Å². The number of benzene rings is 1. The Morgan fingerprint density at radius 3 is 2.78 bits per heavy atom. The highest BCUT2D eigenvalue weighted by Crippen LogP contribution is 2.28. The van der Waals surface area contributed by atoms with Gasteiger partial charge in [0.2, 0.25) is 0 Å². The molecule has 0 atom stereocenters. The van der Waals surface area contributed by atoms with E-state index in [4.69, 9.17) is 16.3 Å². The van der Waals surface area contributed by atoms with Crippen molar-refractivity contribution in [3.63, 3.8) is 0 Å². The number of nitro groups is 1. The quantitative estimate of drug-likeness (QED) is 0.433. The number of hydrogen-bond acceptors (Lipinski definition) is 4. The SMILES string of the molecule is CCC(=O)CCCOc1ccc([N+](=O)[O-])c(Cl)c1. The number of nitrogens with zero attached hydrogens (tertiary/aromatic N) is 1. The fourth-order valence-electron chi connectivity index (χ4n) is 1.36. The maximum atomic E-state index is 11.0. The first kappa shape index (κ1) is 14.4. The molecule has 1 rings (SSSR count). The minimum absolute atomic E-state index is 0.0436. The Morgan fingerprint density at radius 2 is 2.22 bits per heavy atom. The minimum Gasteiger partial charge on any atom is -0.494 e. The van der Waals surface area contributed by atoms with Crippen molar-refractivity contribution in [3.8, 4) is 5.75 Å². The van der Waals surface area contributed by atoms with Crippen molar-refractivity contribution >= 4 is 23.1 Å². The van der Waals surface area contributed by atoms with Gasteiger partial charge < -0.3 is 4.74 Å². The molecule has 5 nitrogen and oxygen atoms in total. The molecule has 0 unspecified atom stereocenters. The van der Waals surface area contributed by atoms with Gasteiger partial charge in [0.1, 0.15) is 16.6 Å². The van der Waals surface area contributed by atoms with Gasteiger partial charge >= 0.3 is 0 Å². The highest BCUT2D eigenvalue weighted by atomic mass is 35.5. The molecule has 18 heavy (non-hydrogen) atoms. The summed E-state index contributed by atoms with van der Waals surface area (Å²) >= 11 is 5.73. The molecular formula is C12H14ClNO4. The number of carbonyl (C=O) groups excluding carboxylic acids is 1. The van der Waals surface area contributed by atoms with Crippen LogP contribution in [0.4, 0.5) is 5.69 Å². The van der Waals surface area contributed by atoms with Gasteiger partial charge in [0.25, 0.3) is 5.69 Å². The lowest BCUT2D eigenvalue weighted by Crippen LogP contribution is -2.02. The Balaban J connectivity index is 2.46. The summed E-state index contributed by atoms with van der Waals surface area (Å²) in [5, 5.41) is 10.6. The van der Waals surface area contributed by atoms with Gasteiger partial charge in [-0.2, -0.15) is 0 Å². The summed E-state index contributed by atoms with van der Waals surface area (Å²) in [7, 11) is 0. The van der Waals surface area contributed by atoms with E-state index in [-0.39, 0.29) is 16.5 Å². The molecule has 0 saturated carbocycles. The van der Waals surface area contributed by atoms with Crippen LogP contribution in [0.2, 0.25) is 5.02 Å². The van der Waals surface area contributed by atoms with Gasteiger partial charge in [-0.1, -0.05) is 18.5 Å². The fraction of sp³-hybridized carbons (Fsp3) is 0.417. The fourth-order valence-corrected chi connectivity index (χ4v) is 1.60. The summed E-state index contributed by atoms with van der Waals surface area (Å²) in [6.45, 7) is 2.21. The summed E-state index contributed by atoms with van der Waals surface area (Å²) in [5.74, 6) is 0.662. The maximum Gasteiger partial charge on any atom is 0.288 e. The van der Waals surface area contributed by atoms with Crippen molar-refractivity contribution < 1.29 is 14.5 Å². The van der Waals surface area contributed by atoms with Crippen LogP contribution in [0, 0.1) is 10.1 Å². The van der Waals surface area contributed by atoms with E-state index in [0.717, 1.165) is 0 Å². The van der Waals surface area contributed by atoms with Crippen molar-refractivity contribution in [1.29, 1.82) is 0 Å². The topological polar surface area (TPSA) is 69.4 Å². The Bertz CT molecular complexity index is 448. The van der Waals surface area contributed by atoms with Crippen LogP contribution in [0.25, 0.3) is 0 Å². The second-order valence-corrected chi connectivity index (χ2v) is 4.12. The molecule has 0 amide bonds. The smallest absolute Gasteiger partial charge is 0.288 e. The van der Waals surface area contributed by atoms with E-state index in [1.165, 1.54) is 18.2 Å². The van der Waals surface area contributed by atoms with Gasteiger partial charge in [-0.3, -0.25) is 14.9 Å². The predicted molar refractivity (Wildman–Crippen MR) is 68.1 cm³/mol. The Kier molecular flexibility index (Phi) is 5.58. The van der Waals surface area contributed by atoms with Crippen molar-refractivity contribution in [3.05, 3.63) is 33.3 Å². The number of halogens is 1. The van der Waals surface area contributed by atoms with Crippen LogP contribution in [0.5, 0.6) is 5.75 Å². The second kappa shape index (κ2) is 6.96. The molecule has 1 aromatic carbocycles. The molecule has 0 aliphatic heterocycles. The highest BCUT2D eigenvalue weighted by molar-refractivity contribution is 6.32. The van der Waals surface area contributed by atoms with Gasteiger partial charge in [0, 0.05) is 25.0 Å². The van der Waals surface area contributed by atoms with E-state index in [9.17, 15) is 14.9 Å². The third-order valence-corrected chi connectivity index (χ3v) is 2.68. The van der Waals surface area contributed by atoms with Crippen LogP contribution in [0.1, 0.15) is 26.2 Å². The summed E-state index contributed by atoms with van der Waals surface area (Å²) in [6, 6.07) is 4.20. The molecule has 6 heteroatoms. The molecule has 0 bridgehead atoms. The number of nitro benzene ring substituents is 1. The lowest BCUT2D eigenvalue weighted by molar-refractivity contribution is -0.384. The standard InChI is InChI=1S/C12H14ClNO4/c1-2-9(15)4-3-7-18-10-5-6-12(14(16)17)11(13)8-10/h5-6,8H,2-4,7H2,1H3. The Hall–Kier alpha value is -1.62. The van der Waals surface area contributed by atoms with Crippen LogP contribution in [0.15, 0.2) is 18.2 Å². The third kappa shape index (κ3) is 4.33. The summed E-state index contributed by atoms with van der Waals surface area (Å²) < 4.78 is 5.36. The van der Waals surface area contributed by atoms with Crippen molar-refractivity contribution in [2.24, 2.45) is 0 Å². The van der Waals surface area contributed by atoms with Crippen LogP contribution in [-0.4, -0.2) is 17.3 Å². The van der Waals surface area contributed by atoms with Gasteiger partial charge in [0.15, 0.2) is 0 Å². The molecule has 0 heterocycles. The zero-order chi connectivity index (χ0) is 13.5. The van der Waals surface area contributed by atoms with Crippen LogP contribution < -0.4 is 4.74 Å². The first-order valence-corrected chi connectivity index (χ1v) is 6.00. The van der Waals surface area contributed by atoms with Crippen molar-refractivity contribution in [1.82, 2.24) is 0 Å². The van der Waals surface area contributed by atoms with E-state index < -0.39 is 4.92 Å². The maximum absolute atomic E-state index is 11.0. The van der Waals surface area contributed by atoms with E-state index in [1.54, 1.807) is 0 Å². The highest BCUT2D eigenvalue weighted by Gasteiger charge is 2.12. The van der Waals surface area contributed by atoms with Crippen LogP contribution >= 0.6 is 11.6 Å². The zero-order valence-electron chi connectivity index (χ0n) is 10.0. The molecular weight excluding hydrogens is 258 g/mol.